The number of benzene rings is 1. The molecule has 0 bridgehead atoms. The van der Waals surface area contributed by atoms with Crippen molar-refractivity contribution >= 4 is 17.5 Å². The summed E-state index contributed by atoms with van der Waals surface area (Å²) in [6.07, 6.45) is 2.83. The normalized spacial score (nSPS) is 15.5. The zero-order valence-electron chi connectivity index (χ0n) is 15.4. The maximum atomic E-state index is 12.3. The molecule has 1 saturated heterocycles. The van der Waals surface area contributed by atoms with E-state index in [1.54, 1.807) is 29.2 Å². The maximum Gasteiger partial charge on any atom is 0.251 e. The topological polar surface area (TPSA) is 108 Å². The fourth-order valence-corrected chi connectivity index (χ4v) is 2.82. The molecule has 0 spiro atoms. The summed E-state index contributed by atoms with van der Waals surface area (Å²) in [7, 11) is 0. The number of nitrogens with one attached hydrogen (secondary N) is 1. The second kappa shape index (κ2) is 9.21. The zero-order chi connectivity index (χ0) is 19.1. The van der Waals surface area contributed by atoms with Gasteiger partial charge in [0.25, 0.3) is 5.91 Å². The van der Waals surface area contributed by atoms with Gasteiger partial charge in [0.2, 0.25) is 5.91 Å². The third-order valence-corrected chi connectivity index (χ3v) is 4.47. The Morgan fingerprint density at radius 2 is 1.81 bits per heavy atom. The van der Waals surface area contributed by atoms with Crippen LogP contribution in [-0.4, -0.2) is 60.4 Å². The fraction of sp³-hybridized carbons (Fsp3) is 0.444. The Kier molecular flexibility index (Phi) is 6.99. The highest BCUT2D eigenvalue weighted by Crippen LogP contribution is 2.12. The van der Waals surface area contributed by atoms with E-state index in [9.17, 15) is 9.59 Å². The summed E-state index contributed by atoms with van der Waals surface area (Å²) < 4.78 is 0. The Morgan fingerprint density at radius 1 is 1.19 bits per heavy atom. The second-order valence-corrected chi connectivity index (χ2v) is 6.49. The molecule has 8 heteroatoms. The molecule has 26 heavy (non-hydrogen) atoms. The average molecular weight is 360 g/mol. The molecule has 0 saturated carbocycles. The summed E-state index contributed by atoms with van der Waals surface area (Å²) in [5.41, 5.74) is 6.46. The first-order chi connectivity index (χ1) is 12.4. The van der Waals surface area contributed by atoms with Gasteiger partial charge in [-0.3, -0.25) is 19.5 Å². The molecule has 1 aromatic carbocycles. The first kappa shape index (κ1) is 19.7. The van der Waals surface area contributed by atoms with Crippen LogP contribution in [0.2, 0.25) is 0 Å². The van der Waals surface area contributed by atoms with Gasteiger partial charge in [0.15, 0.2) is 0 Å². The van der Waals surface area contributed by atoms with Crippen molar-refractivity contribution in [2.45, 2.75) is 19.9 Å². The lowest BCUT2D eigenvalue weighted by atomic mass is 10.2. The standard InChI is InChI=1S/C18H28N6O2/c1-14(2)22-9-11-23(12-10-22)17(25)13-21-18(26)15-3-5-16(6-4-15)24(20)8-7-19/h3-8,14H,9-13,19-20H2,1-2H3,(H,21,26)/b8-7-. The molecule has 0 unspecified atom stereocenters. The van der Waals surface area contributed by atoms with Crippen molar-refractivity contribution in [3.63, 3.8) is 0 Å². The number of carbonyl (C=O) groups is 2. The van der Waals surface area contributed by atoms with Gasteiger partial charge >= 0.3 is 0 Å². The molecule has 1 fully saturated rings. The number of carbonyl (C=O) groups excluding carboxylic acids is 2. The summed E-state index contributed by atoms with van der Waals surface area (Å²) in [5.74, 6) is 5.41. The molecule has 1 aliphatic rings. The predicted octanol–water partition coefficient (Wildman–Crippen LogP) is 0.0790. The highest BCUT2D eigenvalue weighted by atomic mass is 16.2. The molecule has 142 valence electrons. The molecule has 0 aliphatic carbocycles. The Balaban J connectivity index is 1.82. The summed E-state index contributed by atoms with van der Waals surface area (Å²) in [6.45, 7) is 7.43. The van der Waals surface area contributed by atoms with Crippen LogP contribution in [0.5, 0.6) is 0 Å². The Labute approximate surface area is 154 Å². The Morgan fingerprint density at radius 3 is 2.35 bits per heavy atom. The summed E-state index contributed by atoms with van der Waals surface area (Å²) in [6, 6.07) is 7.21. The van der Waals surface area contributed by atoms with Crippen LogP contribution in [-0.2, 0) is 4.79 Å². The van der Waals surface area contributed by atoms with Gasteiger partial charge in [-0.25, -0.2) is 5.84 Å². The van der Waals surface area contributed by atoms with Crippen LogP contribution in [0.4, 0.5) is 5.69 Å². The molecule has 0 radical (unpaired) electrons. The Bertz CT molecular complexity index is 636. The number of hydrazine groups is 1. The third kappa shape index (κ3) is 5.21. The van der Waals surface area contributed by atoms with Crippen LogP contribution >= 0.6 is 0 Å². The van der Waals surface area contributed by atoms with Crippen LogP contribution in [0.1, 0.15) is 24.2 Å². The van der Waals surface area contributed by atoms with Gasteiger partial charge in [-0.15, -0.1) is 0 Å². The van der Waals surface area contributed by atoms with Crippen LogP contribution in [0, 0.1) is 0 Å². The summed E-state index contributed by atoms with van der Waals surface area (Å²) >= 11 is 0. The van der Waals surface area contributed by atoms with E-state index in [1.807, 2.05) is 0 Å². The molecule has 5 N–H and O–H groups in total. The van der Waals surface area contributed by atoms with E-state index < -0.39 is 0 Å². The van der Waals surface area contributed by atoms with Gasteiger partial charge in [-0.1, -0.05) is 0 Å². The molecule has 2 rings (SSSR count). The number of hydrogen-bond donors (Lipinski definition) is 3. The first-order valence-corrected chi connectivity index (χ1v) is 8.74. The van der Waals surface area contributed by atoms with Crippen LogP contribution in [0.3, 0.4) is 0 Å². The van der Waals surface area contributed by atoms with E-state index in [0.717, 1.165) is 13.1 Å². The van der Waals surface area contributed by atoms with E-state index in [-0.39, 0.29) is 18.4 Å². The van der Waals surface area contributed by atoms with Gasteiger partial charge in [-0.05, 0) is 38.1 Å². The molecular weight excluding hydrogens is 332 g/mol. The minimum atomic E-state index is -0.288. The van der Waals surface area contributed by atoms with Gasteiger partial charge in [0, 0.05) is 50.2 Å². The number of piperazine rings is 1. The average Bonchev–Trinajstić information content (AvgIpc) is 2.66. The molecule has 8 nitrogen and oxygen atoms in total. The van der Waals surface area contributed by atoms with Crippen LogP contribution in [0.15, 0.2) is 36.7 Å². The van der Waals surface area contributed by atoms with Gasteiger partial charge < -0.3 is 16.0 Å². The smallest absolute Gasteiger partial charge is 0.251 e. The van der Waals surface area contributed by atoms with E-state index in [0.29, 0.717) is 30.4 Å². The SMILES string of the molecule is CC(C)N1CCN(C(=O)CNC(=O)c2ccc(N(N)/C=C\N)cc2)CC1. The number of anilines is 1. The molecule has 1 heterocycles. The van der Waals surface area contributed by atoms with Gasteiger partial charge in [0.1, 0.15) is 0 Å². The molecular formula is C18H28N6O2. The van der Waals surface area contributed by atoms with Crippen molar-refractivity contribution in [3.05, 3.63) is 42.2 Å². The summed E-state index contributed by atoms with van der Waals surface area (Å²) in [4.78, 5) is 28.6. The maximum absolute atomic E-state index is 12.3. The van der Waals surface area contributed by atoms with Gasteiger partial charge in [0.05, 0.1) is 12.2 Å². The Hall–Kier alpha value is -2.58. The number of rotatable bonds is 6. The van der Waals surface area contributed by atoms with E-state index in [1.165, 1.54) is 17.4 Å². The monoisotopic (exact) mass is 360 g/mol. The number of nitrogens with two attached hydrogens (primary N) is 2. The molecule has 0 atom stereocenters. The molecule has 2 amide bonds. The van der Waals surface area contributed by atoms with Crippen LogP contribution in [0.25, 0.3) is 0 Å². The van der Waals surface area contributed by atoms with Crippen molar-refractivity contribution in [2.24, 2.45) is 11.6 Å². The van der Waals surface area contributed by atoms with Crippen molar-refractivity contribution in [3.8, 4) is 0 Å². The lowest BCUT2D eigenvalue weighted by Crippen LogP contribution is -2.52. The quantitative estimate of drug-likeness (QED) is 0.490. The number of amides is 2. The van der Waals surface area contributed by atoms with Crippen molar-refractivity contribution < 1.29 is 9.59 Å². The van der Waals surface area contributed by atoms with Crippen molar-refractivity contribution in [1.29, 1.82) is 0 Å². The fourth-order valence-electron chi connectivity index (χ4n) is 2.82. The van der Waals surface area contributed by atoms with E-state index in [2.05, 4.69) is 24.1 Å². The molecule has 1 aromatic rings. The highest BCUT2D eigenvalue weighted by molar-refractivity contribution is 5.96. The lowest BCUT2D eigenvalue weighted by molar-refractivity contribution is -0.132. The zero-order valence-corrected chi connectivity index (χ0v) is 15.4. The molecule has 1 aliphatic heterocycles. The summed E-state index contributed by atoms with van der Waals surface area (Å²) in [5, 5.41) is 4.03. The third-order valence-electron chi connectivity index (χ3n) is 4.47. The minimum absolute atomic E-state index is 0.00118. The van der Waals surface area contributed by atoms with E-state index >= 15 is 0 Å². The number of nitrogens with zero attached hydrogens (tertiary/aromatic N) is 3. The van der Waals surface area contributed by atoms with Crippen molar-refractivity contribution in [2.75, 3.05) is 37.7 Å². The lowest BCUT2D eigenvalue weighted by Gasteiger charge is -2.36. The van der Waals surface area contributed by atoms with Gasteiger partial charge in [-0.2, -0.15) is 0 Å². The predicted molar refractivity (Wildman–Crippen MR) is 102 cm³/mol. The highest BCUT2D eigenvalue weighted by Gasteiger charge is 2.22. The van der Waals surface area contributed by atoms with E-state index in [4.69, 9.17) is 11.6 Å². The van der Waals surface area contributed by atoms with Crippen LogP contribution < -0.4 is 21.9 Å². The first-order valence-electron chi connectivity index (χ1n) is 8.74. The molecule has 0 aromatic heterocycles. The largest absolute Gasteiger partial charge is 0.403 e. The van der Waals surface area contributed by atoms with Crippen molar-refractivity contribution in [1.82, 2.24) is 15.1 Å². The minimum Gasteiger partial charge on any atom is -0.403 e. The second-order valence-electron chi connectivity index (χ2n) is 6.49. The number of hydrogen-bond acceptors (Lipinski definition) is 6.